The van der Waals surface area contributed by atoms with Crippen molar-refractivity contribution in [2.75, 3.05) is 23.8 Å². The molecule has 2 aromatic rings. The van der Waals surface area contributed by atoms with Crippen molar-refractivity contribution in [3.8, 4) is 17.2 Å². The van der Waals surface area contributed by atoms with E-state index in [9.17, 15) is 10.4 Å². The van der Waals surface area contributed by atoms with Crippen LogP contribution in [0.15, 0.2) is 36.7 Å². The third-order valence-corrected chi connectivity index (χ3v) is 4.25. The van der Waals surface area contributed by atoms with Crippen molar-refractivity contribution in [1.82, 2.24) is 4.98 Å². The van der Waals surface area contributed by atoms with E-state index in [-0.39, 0.29) is 18.7 Å². The molecule has 0 saturated carbocycles. The number of rotatable bonds is 3. The van der Waals surface area contributed by atoms with Crippen LogP contribution in [0.25, 0.3) is 11.1 Å². The van der Waals surface area contributed by atoms with Crippen molar-refractivity contribution in [1.29, 1.82) is 5.26 Å². The van der Waals surface area contributed by atoms with Crippen molar-refractivity contribution in [2.24, 2.45) is 5.73 Å². The lowest BCUT2D eigenvalue weighted by Gasteiger charge is -2.27. The highest BCUT2D eigenvalue weighted by molar-refractivity contribution is 5.79. The number of nitriles is 1. The Morgan fingerprint density at radius 3 is 2.96 bits per heavy atom. The van der Waals surface area contributed by atoms with Crippen molar-refractivity contribution < 1.29 is 5.11 Å². The van der Waals surface area contributed by atoms with E-state index >= 15 is 0 Å². The van der Waals surface area contributed by atoms with E-state index in [0.29, 0.717) is 17.8 Å². The summed E-state index contributed by atoms with van der Waals surface area (Å²) in [7, 11) is 0. The molecule has 1 saturated heterocycles. The summed E-state index contributed by atoms with van der Waals surface area (Å²) in [6.07, 6.45) is 4.01. The molecular weight excluding hydrogens is 290 g/mol. The molecule has 6 nitrogen and oxygen atoms in total. The molecule has 2 heterocycles. The highest BCUT2D eigenvalue weighted by Gasteiger charge is 2.30. The lowest BCUT2D eigenvalue weighted by molar-refractivity contribution is 0.265. The number of aliphatic hydroxyl groups is 1. The first-order valence-electron chi connectivity index (χ1n) is 7.51. The Labute approximate surface area is 135 Å². The van der Waals surface area contributed by atoms with Gasteiger partial charge in [-0.25, -0.2) is 0 Å². The number of nitrogens with two attached hydrogens (primary N) is 2. The maximum Gasteiger partial charge on any atom is 0.0999 e. The third kappa shape index (κ3) is 2.84. The van der Waals surface area contributed by atoms with Gasteiger partial charge in [0.2, 0.25) is 0 Å². The summed E-state index contributed by atoms with van der Waals surface area (Å²) in [5.74, 6) is 0. The van der Waals surface area contributed by atoms with Gasteiger partial charge in [0, 0.05) is 30.5 Å². The molecule has 1 fully saturated rings. The highest BCUT2D eigenvalue weighted by atomic mass is 16.3. The van der Waals surface area contributed by atoms with Crippen LogP contribution in [0.3, 0.4) is 0 Å². The standard InChI is InChI=1S/C17H19N5O/c18-7-12-3-4-21-8-15(12)11-1-2-16(20)17(5-11)22-9-13(19)6-14(22)10-23/h1-5,8,13-14,23H,6,9-10,19-20H2. The molecule has 5 N–H and O–H groups in total. The van der Waals surface area contributed by atoms with Crippen LogP contribution in [0.5, 0.6) is 0 Å². The summed E-state index contributed by atoms with van der Waals surface area (Å²) in [6, 6.07) is 9.48. The minimum atomic E-state index is -0.0353. The second kappa shape index (κ2) is 6.24. The molecular formula is C17H19N5O. The first kappa shape index (κ1) is 15.3. The number of aromatic nitrogens is 1. The van der Waals surface area contributed by atoms with Gasteiger partial charge in [-0.3, -0.25) is 4.98 Å². The zero-order valence-corrected chi connectivity index (χ0v) is 12.7. The van der Waals surface area contributed by atoms with Gasteiger partial charge in [0.25, 0.3) is 0 Å². The van der Waals surface area contributed by atoms with E-state index in [4.69, 9.17) is 11.5 Å². The number of pyridine rings is 1. The summed E-state index contributed by atoms with van der Waals surface area (Å²) in [6.45, 7) is 0.685. The predicted octanol–water partition coefficient (Wildman–Crippen LogP) is 1.10. The molecule has 2 unspecified atom stereocenters. The Bertz CT molecular complexity index is 755. The fraction of sp³-hybridized carbons (Fsp3) is 0.294. The van der Waals surface area contributed by atoms with Crippen LogP contribution in [0.1, 0.15) is 12.0 Å². The fourth-order valence-electron chi connectivity index (χ4n) is 3.10. The molecule has 0 radical (unpaired) electrons. The SMILES string of the molecule is N#Cc1ccncc1-c1ccc(N)c(N2CC(N)CC2CO)c1. The molecule has 1 aromatic heterocycles. The van der Waals surface area contributed by atoms with Crippen molar-refractivity contribution in [3.05, 3.63) is 42.2 Å². The number of nitrogens with zero attached hydrogens (tertiary/aromatic N) is 3. The van der Waals surface area contributed by atoms with Crippen LogP contribution in [0.2, 0.25) is 0 Å². The molecule has 118 valence electrons. The third-order valence-electron chi connectivity index (χ3n) is 4.25. The zero-order chi connectivity index (χ0) is 16.4. The van der Waals surface area contributed by atoms with E-state index in [1.165, 1.54) is 0 Å². The van der Waals surface area contributed by atoms with Gasteiger partial charge in [-0.1, -0.05) is 6.07 Å². The van der Waals surface area contributed by atoms with Gasteiger partial charge in [0.05, 0.1) is 35.7 Å². The van der Waals surface area contributed by atoms with Crippen LogP contribution in [-0.2, 0) is 0 Å². The van der Waals surface area contributed by atoms with E-state index in [1.807, 2.05) is 23.1 Å². The van der Waals surface area contributed by atoms with E-state index < -0.39 is 0 Å². The number of nitrogen functional groups attached to an aromatic ring is 1. The Morgan fingerprint density at radius 1 is 1.39 bits per heavy atom. The van der Waals surface area contributed by atoms with Gasteiger partial charge in [-0.15, -0.1) is 0 Å². The summed E-state index contributed by atoms with van der Waals surface area (Å²) in [5, 5.41) is 18.9. The molecule has 23 heavy (non-hydrogen) atoms. The van der Waals surface area contributed by atoms with Gasteiger partial charge in [0.15, 0.2) is 0 Å². The topological polar surface area (TPSA) is 112 Å². The first-order valence-corrected chi connectivity index (χ1v) is 7.51. The Hall–Kier alpha value is -2.62. The average Bonchev–Trinajstić information content (AvgIpc) is 2.96. The van der Waals surface area contributed by atoms with Gasteiger partial charge < -0.3 is 21.5 Å². The van der Waals surface area contributed by atoms with Gasteiger partial charge in [-0.2, -0.15) is 5.26 Å². The largest absolute Gasteiger partial charge is 0.397 e. The first-order chi connectivity index (χ1) is 11.1. The van der Waals surface area contributed by atoms with E-state index in [2.05, 4.69) is 11.1 Å². The average molecular weight is 309 g/mol. The molecule has 3 rings (SSSR count). The summed E-state index contributed by atoms with van der Waals surface area (Å²) in [4.78, 5) is 6.15. The summed E-state index contributed by atoms with van der Waals surface area (Å²) < 4.78 is 0. The van der Waals surface area contributed by atoms with E-state index in [0.717, 1.165) is 23.2 Å². The number of anilines is 2. The van der Waals surface area contributed by atoms with Gasteiger partial charge in [-0.05, 0) is 30.2 Å². The van der Waals surface area contributed by atoms with Crippen molar-refractivity contribution >= 4 is 11.4 Å². The lowest BCUT2D eigenvalue weighted by atomic mass is 10.0. The number of benzene rings is 1. The molecule has 6 heteroatoms. The van der Waals surface area contributed by atoms with Crippen molar-refractivity contribution in [2.45, 2.75) is 18.5 Å². The van der Waals surface area contributed by atoms with Gasteiger partial charge >= 0.3 is 0 Å². The lowest BCUT2D eigenvalue weighted by Crippen LogP contribution is -2.33. The smallest absolute Gasteiger partial charge is 0.0999 e. The van der Waals surface area contributed by atoms with Crippen LogP contribution in [0.4, 0.5) is 11.4 Å². The molecule has 1 aliphatic heterocycles. The van der Waals surface area contributed by atoms with E-state index in [1.54, 1.807) is 18.5 Å². The molecule has 0 amide bonds. The minimum Gasteiger partial charge on any atom is -0.397 e. The molecule has 1 aliphatic rings. The maximum absolute atomic E-state index is 9.58. The number of hydrogen-bond donors (Lipinski definition) is 3. The van der Waals surface area contributed by atoms with Crippen LogP contribution < -0.4 is 16.4 Å². The monoisotopic (exact) mass is 309 g/mol. The van der Waals surface area contributed by atoms with Crippen LogP contribution in [0, 0.1) is 11.3 Å². The summed E-state index contributed by atoms with van der Waals surface area (Å²) in [5.41, 5.74) is 15.8. The fourth-order valence-corrected chi connectivity index (χ4v) is 3.10. The minimum absolute atomic E-state index is 0.0169. The normalized spacial score (nSPS) is 20.5. The number of hydrogen-bond acceptors (Lipinski definition) is 6. The second-order valence-electron chi connectivity index (χ2n) is 5.79. The second-order valence-corrected chi connectivity index (χ2v) is 5.79. The highest BCUT2D eigenvalue weighted by Crippen LogP contribution is 2.34. The molecule has 0 aliphatic carbocycles. The Kier molecular flexibility index (Phi) is 4.15. The van der Waals surface area contributed by atoms with Crippen LogP contribution >= 0.6 is 0 Å². The van der Waals surface area contributed by atoms with Crippen LogP contribution in [-0.4, -0.2) is 35.3 Å². The Balaban J connectivity index is 2.05. The molecule has 2 atom stereocenters. The zero-order valence-electron chi connectivity index (χ0n) is 12.7. The molecule has 0 bridgehead atoms. The number of aliphatic hydroxyl groups excluding tert-OH is 1. The predicted molar refractivity (Wildman–Crippen MR) is 89.6 cm³/mol. The summed E-state index contributed by atoms with van der Waals surface area (Å²) >= 11 is 0. The quantitative estimate of drug-likeness (QED) is 0.732. The maximum atomic E-state index is 9.58. The molecule has 0 spiro atoms. The molecule has 1 aromatic carbocycles. The Morgan fingerprint density at radius 2 is 2.22 bits per heavy atom. The van der Waals surface area contributed by atoms with Crippen molar-refractivity contribution in [3.63, 3.8) is 0 Å². The van der Waals surface area contributed by atoms with Gasteiger partial charge in [0.1, 0.15) is 0 Å².